The second-order valence-electron chi connectivity index (χ2n) is 2.13. The molecule has 0 saturated heterocycles. The lowest BCUT2D eigenvalue weighted by Gasteiger charge is -1.87. The Labute approximate surface area is 41.9 Å². The molecule has 1 aliphatic carbocycles. The summed E-state index contributed by atoms with van der Waals surface area (Å²) in [6.07, 6.45) is 6.29. The molecule has 0 bridgehead atoms. The zero-order valence-electron chi connectivity index (χ0n) is 3.96. The van der Waals surface area contributed by atoms with Crippen LogP contribution in [0.25, 0.3) is 0 Å². The fraction of sp³-hybridized carbons (Fsp3) is 0.600. The van der Waals surface area contributed by atoms with Crippen molar-refractivity contribution in [3.05, 3.63) is 12.3 Å². The number of hydrogen-bond acceptors (Lipinski definition) is 2. The summed E-state index contributed by atoms with van der Waals surface area (Å²) in [6, 6.07) is 0. The molecule has 0 aromatic rings. The minimum absolute atomic E-state index is 0.222. The monoisotopic (exact) mass is 94.1 g/mol. The second kappa shape index (κ2) is 0.782. The van der Waals surface area contributed by atoms with E-state index in [2.05, 4.69) is 16.3 Å². The van der Waals surface area contributed by atoms with Crippen molar-refractivity contribution in [1.29, 1.82) is 0 Å². The summed E-state index contributed by atoms with van der Waals surface area (Å²) in [6.45, 7) is 0. The van der Waals surface area contributed by atoms with Crippen LogP contribution in [0.5, 0.6) is 0 Å². The topological polar surface area (TPSA) is 24.7 Å². The Hall–Kier alpha value is -0.660. The number of hydrogen-bond donors (Lipinski definition) is 0. The predicted octanol–water partition coefficient (Wildman–Crippen LogP) is 1.50. The number of nitrogens with zero attached hydrogens (tertiary/aromatic N) is 2. The smallest absolute Gasteiger partial charge is 0.102 e. The highest BCUT2D eigenvalue weighted by Gasteiger charge is 2.42. The van der Waals surface area contributed by atoms with E-state index in [1.165, 1.54) is 12.8 Å². The molecular formula is C5H6N2. The van der Waals surface area contributed by atoms with Gasteiger partial charge in [-0.2, -0.15) is 10.2 Å². The maximum atomic E-state index is 3.99. The molecule has 0 radical (unpaired) electrons. The third-order valence-corrected chi connectivity index (χ3v) is 1.47. The van der Waals surface area contributed by atoms with Gasteiger partial charge in [0.05, 0.1) is 0 Å². The van der Waals surface area contributed by atoms with Crippen LogP contribution in [0.3, 0.4) is 0 Å². The first-order valence-corrected chi connectivity index (χ1v) is 2.51. The van der Waals surface area contributed by atoms with Gasteiger partial charge in [0, 0.05) is 6.20 Å². The first-order chi connectivity index (χ1) is 3.41. The lowest BCUT2D eigenvalue weighted by molar-refractivity contribution is 0.830. The van der Waals surface area contributed by atoms with Crippen molar-refractivity contribution in [2.24, 2.45) is 10.2 Å². The van der Waals surface area contributed by atoms with Gasteiger partial charge in [0.2, 0.25) is 0 Å². The van der Waals surface area contributed by atoms with Crippen molar-refractivity contribution in [3.63, 3.8) is 0 Å². The van der Waals surface area contributed by atoms with Gasteiger partial charge in [0.25, 0.3) is 0 Å². The lowest BCUT2D eigenvalue weighted by atomic mass is 10.3. The summed E-state index contributed by atoms with van der Waals surface area (Å²) in [5, 5.41) is 7.74. The van der Waals surface area contributed by atoms with Crippen molar-refractivity contribution >= 4 is 0 Å². The maximum absolute atomic E-state index is 3.99. The molecule has 1 heterocycles. The summed E-state index contributed by atoms with van der Waals surface area (Å²) < 4.78 is 0. The van der Waals surface area contributed by atoms with Crippen LogP contribution in [0, 0.1) is 0 Å². The first-order valence-electron chi connectivity index (χ1n) is 2.51. The van der Waals surface area contributed by atoms with Gasteiger partial charge in [-0.3, -0.25) is 0 Å². The van der Waals surface area contributed by atoms with E-state index in [4.69, 9.17) is 0 Å². The first kappa shape index (κ1) is 3.36. The SMILES string of the molecule is C1=CC2(CC2)N=N1. The number of azo groups is 1. The third kappa shape index (κ3) is 0.335. The average Bonchev–Trinajstić information content (AvgIpc) is 2.15. The minimum atomic E-state index is 0.222. The van der Waals surface area contributed by atoms with Crippen molar-refractivity contribution in [3.8, 4) is 0 Å². The van der Waals surface area contributed by atoms with Gasteiger partial charge in [-0.15, -0.1) is 0 Å². The highest BCUT2D eigenvalue weighted by atomic mass is 15.2. The fourth-order valence-electron chi connectivity index (χ4n) is 0.748. The Morgan fingerprint density at radius 3 is 2.57 bits per heavy atom. The molecule has 2 aliphatic rings. The van der Waals surface area contributed by atoms with Crippen molar-refractivity contribution in [2.75, 3.05) is 0 Å². The molecule has 1 aliphatic heterocycles. The summed E-state index contributed by atoms with van der Waals surface area (Å²) in [5.41, 5.74) is 0.222. The molecule has 36 valence electrons. The van der Waals surface area contributed by atoms with Crippen LogP contribution in [0.4, 0.5) is 0 Å². The Morgan fingerprint density at radius 2 is 2.29 bits per heavy atom. The van der Waals surface area contributed by atoms with Gasteiger partial charge in [0.1, 0.15) is 5.54 Å². The van der Waals surface area contributed by atoms with Gasteiger partial charge in [-0.25, -0.2) is 0 Å². The summed E-state index contributed by atoms with van der Waals surface area (Å²) in [4.78, 5) is 0. The Morgan fingerprint density at radius 1 is 1.43 bits per heavy atom. The van der Waals surface area contributed by atoms with E-state index in [0.29, 0.717) is 0 Å². The van der Waals surface area contributed by atoms with Crippen LogP contribution in [0.1, 0.15) is 12.8 Å². The summed E-state index contributed by atoms with van der Waals surface area (Å²) in [7, 11) is 0. The second-order valence-corrected chi connectivity index (χ2v) is 2.13. The molecule has 0 N–H and O–H groups in total. The van der Waals surface area contributed by atoms with E-state index in [-0.39, 0.29) is 5.54 Å². The lowest BCUT2D eigenvalue weighted by Crippen LogP contribution is -1.91. The van der Waals surface area contributed by atoms with Crippen LogP contribution in [0.2, 0.25) is 0 Å². The van der Waals surface area contributed by atoms with E-state index in [1.54, 1.807) is 6.20 Å². The molecule has 0 aromatic heterocycles. The molecule has 0 atom stereocenters. The largest absolute Gasteiger partial charge is 0.178 e. The van der Waals surface area contributed by atoms with Crippen LogP contribution < -0.4 is 0 Å². The van der Waals surface area contributed by atoms with Crippen LogP contribution in [0.15, 0.2) is 22.5 Å². The van der Waals surface area contributed by atoms with Crippen LogP contribution in [-0.2, 0) is 0 Å². The molecule has 0 aromatic carbocycles. The van der Waals surface area contributed by atoms with Gasteiger partial charge in [-0.05, 0) is 18.9 Å². The molecule has 1 fully saturated rings. The standard InChI is InChI=1S/C5H6N2/c1-2-5(1)3-4-6-7-5/h3-4H,1-2H2. The van der Waals surface area contributed by atoms with E-state index in [9.17, 15) is 0 Å². The van der Waals surface area contributed by atoms with Crippen molar-refractivity contribution < 1.29 is 0 Å². The summed E-state index contributed by atoms with van der Waals surface area (Å²) in [5.74, 6) is 0. The van der Waals surface area contributed by atoms with Crippen LogP contribution >= 0.6 is 0 Å². The molecule has 7 heavy (non-hydrogen) atoms. The van der Waals surface area contributed by atoms with E-state index < -0.39 is 0 Å². The zero-order chi connectivity index (χ0) is 4.74. The highest BCUT2D eigenvalue weighted by molar-refractivity contribution is 5.19. The molecule has 2 rings (SSSR count). The quantitative estimate of drug-likeness (QED) is 0.434. The Kier molecular flexibility index (Phi) is 0.375. The predicted molar refractivity (Wildman–Crippen MR) is 26.0 cm³/mol. The van der Waals surface area contributed by atoms with Gasteiger partial charge in [0.15, 0.2) is 0 Å². The fourth-order valence-corrected chi connectivity index (χ4v) is 0.748. The Balaban J connectivity index is 2.38. The molecule has 0 amide bonds. The maximum Gasteiger partial charge on any atom is 0.102 e. The average molecular weight is 94.1 g/mol. The van der Waals surface area contributed by atoms with E-state index >= 15 is 0 Å². The van der Waals surface area contributed by atoms with Gasteiger partial charge in [-0.1, -0.05) is 0 Å². The molecule has 2 nitrogen and oxygen atoms in total. The van der Waals surface area contributed by atoms with E-state index in [0.717, 1.165) is 0 Å². The van der Waals surface area contributed by atoms with Gasteiger partial charge >= 0.3 is 0 Å². The minimum Gasteiger partial charge on any atom is -0.178 e. The molecule has 1 saturated carbocycles. The normalized spacial score (nSPS) is 29.7. The molecule has 2 heteroatoms. The highest BCUT2D eigenvalue weighted by Crippen LogP contribution is 2.43. The number of rotatable bonds is 0. The van der Waals surface area contributed by atoms with Gasteiger partial charge < -0.3 is 0 Å². The Bertz CT molecular complexity index is 128. The molecule has 0 unspecified atom stereocenters. The molecule has 1 spiro atoms. The zero-order valence-corrected chi connectivity index (χ0v) is 3.96. The molecular weight excluding hydrogens is 88.1 g/mol. The van der Waals surface area contributed by atoms with Crippen molar-refractivity contribution in [2.45, 2.75) is 18.4 Å². The van der Waals surface area contributed by atoms with E-state index in [1.807, 2.05) is 0 Å². The third-order valence-electron chi connectivity index (χ3n) is 1.47. The van der Waals surface area contributed by atoms with Crippen LogP contribution in [-0.4, -0.2) is 5.54 Å². The summed E-state index contributed by atoms with van der Waals surface area (Å²) >= 11 is 0. The van der Waals surface area contributed by atoms with Crippen molar-refractivity contribution in [1.82, 2.24) is 0 Å².